The molecule has 25 heavy (non-hydrogen) atoms. The van der Waals surface area contributed by atoms with Gasteiger partial charge in [-0.2, -0.15) is 0 Å². The van der Waals surface area contributed by atoms with Crippen molar-refractivity contribution in [1.82, 2.24) is 9.97 Å². The van der Waals surface area contributed by atoms with E-state index in [1.54, 1.807) is 13.4 Å². The highest BCUT2D eigenvalue weighted by molar-refractivity contribution is 5.41. The smallest absolute Gasteiger partial charge is 0.156 e. The van der Waals surface area contributed by atoms with Gasteiger partial charge in [0.15, 0.2) is 5.82 Å². The van der Waals surface area contributed by atoms with Gasteiger partial charge in [-0.15, -0.1) is 0 Å². The summed E-state index contributed by atoms with van der Waals surface area (Å²) in [6, 6.07) is 5.90. The highest BCUT2D eigenvalue weighted by Crippen LogP contribution is 2.29. The number of ether oxygens (including phenoxy) is 1. The van der Waals surface area contributed by atoms with Crippen molar-refractivity contribution in [3.8, 4) is 0 Å². The van der Waals surface area contributed by atoms with E-state index in [0.29, 0.717) is 24.6 Å². The number of aromatic nitrogens is 2. The van der Waals surface area contributed by atoms with Crippen molar-refractivity contribution in [1.29, 1.82) is 0 Å². The maximum atomic E-state index is 10.5. The van der Waals surface area contributed by atoms with Crippen molar-refractivity contribution < 1.29 is 14.3 Å². The van der Waals surface area contributed by atoms with Crippen LogP contribution in [0.2, 0.25) is 0 Å². The highest BCUT2D eigenvalue weighted by Gasteiger charge is 2.26. The maximum absolute atomic E-state index is 10.5. The Hall–Kier alpha value is -1.92. The van der Waals surface area contributed by atoms with Gasteiger partial charge in [0.1, 0.15) is 24.3 Å². The number of aliphatic hydroxyl groups is 1. The second-order valence-electron chi connectivity index (χ2n) is 6.68. The van der Waals surface area contributed by atoms with Crippen molar-refractivity contribution in [3.05, 3.63) is 41.7 Å². The number of rotatable bonds is 6. The molecular weight excluding hydrogens is 318 g/mol. The molecule has 1 aliphatic heterocycles. The number of hydrogen-bond acceptors (Lipinski definition) is 6. The SMILES string of the molecule is COCc1nc(C)cc(N2CCCCC[C@@H]2C[C@H](O)c2ccco2)n1. The second kappa shape index (κ2) is 8.45. The van der Waals surface area contributed by atoms with Crippen molar-refractivity contribution >= 4 is 5.82 Å². The number of methoxy groups -OCH3 is 1. The van der Waals surface area contributed by atoms with Crippen molar-refractivity contribution in [3.63, 3.8) is 0 Å². The number of nitrogens with zero attached hydrogens (tertiary/aromatic N) is 3. The molecule has 0 amide bonds. The molecule has 1 N–H and O–H groups in total. The van der Waals surface area contributed by atoms with E-state index in [9.17, 15) is 5.11 Å². The molecule has 3 rings (SSSR count). The molecule has 0 radical (unpaired) electrons. The van der Waals surface area contributed by atoms with Gasteiger partial charge in [-0.05, 0) is 31.9 Å². The molecular formula is C19H27N3O3. The lowest BCUT2D eigenvalue weighted by molar-refractivity contribution is 0.129. The lowest BCUT2D eigenvalue weighted by Crippen LogP contribution is -2.37. The van der Waals surface area contributed by atoms with Gasteiger partial charge in [0.25, 0.3) is 0 Å². The molecule has 136 valence electrons. The standard InChI is InChI=1S/C19H27N3O3/c1-14-11-19(21-18(20-14)13-24-2)22-9-5-3-4-7-15(22)12-16(23)17-8-6-10-25-17/h6,8,10-11,15-16,23H,3-5,7,9,12-13H2,1-2H3/t15-,16+/m1/s1. The van der Waals surface area contributed by atoms with E-state index in [-0.39, 0.29) is 6.04 Å². The minimum absolute atomic E-state index is 0.229. The topological polar surface area (TPSA) is 71.6 Å². The summed E-state index contributed by atoms with van der Waals surface area (Å²) in [5, 5.41) is 10.5. The van der Waals surface area contributed by atoms with Crippen LogP contribution < -0.4 is 4.90 Å². The molecule has 0 saturated carbocycles. The van der Waals surface area contributed by atoms with Crippen LogP contribution in [-0.2, 0) is 11.3 Å². The zero-order valence-corrected chi connectivity index (χ0v) is 15.0. The molecule has 0 aromatic carbocycles. The predicted molar refractivity (Wildman–Crippen MR) is 95.4 cm³/mol. The molecule has 1 aliphatic rings. The van der Waals surface area contributed by atoms with Gasteiger partial charge in [-0.25, -0.2) is 9.97 Å². The Kier molecular flexibility index (Phi) is 6.04. The molecule has 2 aromatic rings. The monoisotopic (exact) mass is 345 g/mol. The van der Waals surface area contributed by atoms with Crippen LogP contribution in [0.3, 0.4) is 0 Å². The summed E-state index contributed by atoms with van der Waals surface area (Å²) in [6.45, 7) is 3.33. The second-order valence-corrected chi connectivity index (χ2v) is 6.68. The third kappa shape index (κ3) is 4.58. The Labute approximate surface area is 148 Å². The van der Waals surface area contributed by atoms with Gasteiger partial charge >= 0.3 is 0 Å². The molecule has 6 nitrogen and oxygen atoms in total. The van der Waals surface area contributed by atoms with Crippen LogP contribution in [-0.4, -0.2) is 34.8 Å². The van der Waals surface area contributed by atoms with Crippen LogP contribution in [0.15, 0.2) is 28.9 Å². The Morgan fingerprint density at radius 2 is 2.24 bits per heavy atom. The van der Waals surface area contributed by atoms with Crippen LogP contribution in [0.1, 0.15) is 55.5 Å². The summed E-state index contributed by atoms with van der Waals surface area (Å²) in [4.78, 5) is 11.5. The van der Waals surface area contributed by atoms with Crippen molar-refractivity contribution in [2.75, 3.05) is 18.6 Å². The molecule has 0 unspecified atom stereocenters. The van der Waals surface area contributed by atoms with Crippen LogP contribution in [0.5, 0.6) is 0 Å². The summed E-state index contributed by atoms with van der Waals surface area (Å²) in [5.74, 6) is 2.26. The predicted octanol–water partition coefficient (Wildman–Crippen LogP) is 3.40. The maximum Gasteiger partial charge on any atom is 0.156 e. The fourth-order valence-corrected chi connectivity index (χ4v) is 3.53. The largest absolute Gasteiger partial charge is 0.467 e. The molecule has 1 saturated heterocycles. The van der Waals surface area contributed by atoms with Gasteiger partial charge in [-0.3, -0.25) is 0 Å². The Bertz CT molecular complexity index is 660. The first-order valence-electron chi connectivity index (χ1n) is 8.99. The number of anilines is 1. The highest BCUT2D eigenvalue weighted by atomic mass is 16.5. The van der Waals surface area contributed by atoms with E-state index < -0.39 is 6.10 Å². The van der Waals surface area contributed by atoms with Crippen LogP contribution in [0.25, 0.3) is 0 Å². The minimum atomic E-state index is -0.595. The Balaban J connectivity index is 1.82. The lowest BCUT2D eigenvalue weighted by atomic mass is 10.0. The number of furan rings is 1. The molecule has 0 bridgehead atoms. The zero-order valence-electron chi connectivity index (χ0n) is 15.0. The number of aliphatic hydroxyl groups excluding tert-OH is 1. The molecule has 1 fully saturated rings. The van der Waals surface area contributed by atoms with Crippen LogP contribution in [0, 0.1) is 6.92 Å². The molecule has 2 atom stereocenters. The third-order valence-corrected chi connectivity index (χ3v) is 4.70. The quantitative estimate of drug-likeness (QED) is 0.865. The minimum Gasteiger partial charge on any atom is -0.467 e. The molecule has 0 spiro atoms. The fourth-order valence-electron chi connectivity index (χ4n) is 3.53. The summed E-state index contributed by atoms with van der Waals surface area (Å²) >= 11 is 0. The van der Waals surface area contributed by atoms with Crippen molar-refractivity contribution in [2.45, 2.75) is 57.8 Å². The fraction of sp³-hybridized carbons (Fsp3) is 0.579. The van der Waals surface area contributed by atoms with Crippen LogP contribution >= 0.6 is 0 Å². The van der Waals surface area contributed by atoms with Gasteiger partial charge < -0.3 is 19.2 Å². The normalized spacial score (nSPS) is 19.6. The summed E-state index contributed by atoms with van der Waals surface area (Å²) in [7, 11) is 1.65. The average Bonchev–Trinajstić information content (AvgIpc) is 3.02. The first-order chi connectivity index (χ1) is 12.2. The first-order valence-corrected chi connectivity index (χ1v) is 8.99. The van der Waals surface area contributed by atoms with Gasteiger partial charge in [0.05, 0.1) is 6.26 Å². The Morgan fingerprint density at radius 3 is 3.00 bits per heavy atom. The van der Waals surface area contributed by atoms with Gasteiger partial charge in [-0.1, -0.05) is 12.8 Å². The van der Waals surface area contributed by atoms with Crippen molar-refractivity contribution in [2.24, 2.45) is 0 Å². The lowest BCUT2D eigenvalue weighted by Gasteiger charge is -2.32. The summed E-state index contributed by atoms with van der Waals surface area (Å²) < 4.78 is 10.6. The first kappa shape index (κ1) is 17.9. The summed E-state index contributed by atoms with van der Waals surface area (Å²) in [5.41, 5.74) is 0.937. The third-order valence-electron chi connectivity index (χ3n) is 4.70. The Morgan fingerprint density at radius 1 is 1.36 bits per heavy atom. The number of aryl methyl sites for hydroxylation is 1. The molecule has 6 heteroatoms. The molecule has 3 heterocycles. The van der Waals surface area contributed by atoms with E-state index in [0.717, 1.165) is 30.9 Å². The van der Waals surface area contributed by atoms with E-state index in [4.69, 9.17) is 14.1 Å². The summed E-state index contributed by atoms with van der Waals surface area (Å²) in [6.07, 6.45) is 6.20. The van der Waals surface area contributed by atoms with Gasteiger partial charge in [0.2, 0.25) is 0 Å². The van der Waals surface area contributed by atoms with E-state index >= 15 is 0 Å². The number of hydrogen-bond donors (Lipinski definition) is 1. The van der Waals surface area contributed by atoms with E-state index in [1.807, 2.05) is 25.1 Å². The van der Waals surface area contributed by atoms with Gasteiger partial charge in [0, 0.05) is 37.9 Å². The van der Waals surface area contributed by atoms with E-state index in [2.05, 4.69) is 9.88 Å². The zero-order chi connectivity index (χ0) is 17.6. The average molecular weight is 345 g/mol. The molecule has 2 aromatic heterocycles. The van der Waals surface area contributed by atoms with Crippen LogP contribution in [0.4, 0.5) is 5.82 Å². The molecule has 0 aliphatic carbocycles. The van der Waals surface area contributed by atoms with E-state index in [1.165, 1.54) is 12.8 Å².